The van der Waals surface area contributed by atoms with Crippen molar-refractivity contribution in [1.82, 2.24) is 15.0 Å². The normalized spacial score (nSPS) is 13.8. The zero-order chi connectivity index (χ0) is 47.4. The van der Waals surface area contributed by atoms with Crippen LogP contribution in [0.4, 0.5) is 0 Å². The zero-order valence-electron chi connectivity index (χ0n) is 40.5. The molecule has 0 saturated carbocycles. The molecule has 12 rings (SSSR count). The summed E-state index contributed by atoms with van der Waals surface area (Å²) in [6.07, 6.45) is 0. The van der Waals surface area contributed by atoms with Gasteiger partial charge in [0.2, 0.25) is 0 Å². The predicted octanol–water partition coefficient (Wildman–Crippen LogP) is 15.3. The average Bonchev–Trinajstić information content (AvgIpc) is 3.97. The Hall–Kier alpha value is -7.73. The second-order valence-corrected chi connectivity index (χ2v) is 15.5. The molecule has 0 spiro atoms. The van der Waals surface area contributed by atoms with Crippen LogP contribution in [0, 0.1) is 0 Å². The first-order chi connectivity index (χ1) is 33.5. The lowest BCUT2D eigenvalue weighted by molar-refractivity contribution is 0.673. The summed E-state index contributed by atoms with van der Waals surface area (Å²) in [5, 5.41) is 1.68. The molecule has 0 bridgehead atoms. The Labute approximate surface area is 362 Å². The van der Waals surface area contributed by atoms with E-state index in [-0.39, 0.29) is 55.7 Å². The van der Waals surface area contributed by atoms with E-state index < -0.39 is 54.4 Å². The van der Waals surface area contributed by atoms with Gasteiger partial charge in [0, 0.05) is 47.5 Å². The van der Waals surface area contributed by atoms with Crippen molar-refractivity contribution in [3.63, 3.8) is 0 Å². The summed E-state index contributed by atoms with van der Waals surface area (Å²) >= 11 is 1.65. The maximum atomic E-state index is 9.39. The highest BCUT2D eigenvalue weighted by molar-refractivity contribution is 7.26. The van der Waals surface area contributed by atoms with Crippen LogP contribution >= 0.6 is 11.3 Å². The topological polar surface area (TPSA) is 51.8 Å². The summed E-state index contributed by atoms with van der Waals surface area (Å²) < 4.78 is 88.6. The van der Waals surface area contributed by atoms with E-state index in [0.717, 1.165) is 53.6 Å². The third-order valence-electron chi connectivity index (χ3n) is 10.9. The molecule has 0 atom stereocenters. The van der Waals surface area contributed by atoms with Gasteiger partial charge < -0.3 is 4.42 Å². The standard InChI is InChI=1S/C55H33N3OS/c1-3-12-34(13-4-1)35-24-26-36(27-25-35)39-17-9-18-40(32-39)53-56-54(41-29-31-46-49(33-41)60-48-23-11-20-42(50(46)48)37-14-5-2-6-15-37)58-55(57-53)47-22-10-21-44-45-30-28-38-16-7-8-19-43(38)51(45)59-52(44)47/h1-33H/i7D,8D,10D,16D,19D,21D,22D,28D,30D. The lowest BCUT2D eigenvalue weighted by atomic mass is 9.99. The summed E-state index contributed by atoms with van der Waals surface area (Å²) in [6, 6.07) is 44.3. The number of rotatable bonds is 6. The smallest absolute Gasteiger partial charge is 0.167 e. The number of benzene rings is 9. The Bertz CT molecular complexity index is 4120. The fourth-order valence-corrected chi connectivity index (χ4v) is 9.16. The largest absolute Gasteiger partial charge is 0.455 e. The highest BCUT2D eigenvalue weighted by Crippen LogP contribution is 2.42. The van der Waals surface area contributed by atoms with E-state index in [2.05, 4.69) is 72.8 Å². The summed E-state index contributed by atoms with van der Waals surface area (Å²) in [6.45, 7) is 0. The van der Waals surface area contributed by atoms with Gasteiger partial charge in [-0.05, 0) is 69.1 Å². The summed E-state index contributed by atoms with van der Waals surface area (Å²) in [7, 11) is 0. The number of aromatic nitrogens is 3. The molecule has 0 amide bonds. The van der Waals surface area contributed by atoms with Crippen LogP contribution in [0.1, 0.15) is 12.3 Å². The van der Waals surface area contributed by atoms with Crippen molar-refractivity contribution in [2.75, 3.05) is 0 Å². The minimum absolute atomic E-state index is 0.0539. The third kappa shape index (κ3) is 5.78. The maximum absolute atomic E-state index is 9.39. The lowest BCUT2D eigenvalue weighted by Crippen LogP contribution is -2.00. The molecular weight excluding hydrogens is 751 g/mol. The number of furan rings is 1. The molecule has 9 aromatic carbocycles. The molecule has 0 aliphatic carbocycles. The molecule has 0 aliphatic rings. The van der Waals surface area contributed by atoms with Gasteiger partial charge in [-0.3, -0.25) is 0 Å². The Morgan fingerprint density at radius 3 is 1.82 bits per heavy atom. The highest BCUT2D eigenvalue weighted by atomic mass is 32.1. The minimum atomic E-state index is -0.566. The lowest BCUT2D eigenvalue weighted by Gasteiger charge is -2.10. The number of thiophene rings is 1. The molecule has 3 aromatic heterocycles. The second-order valence-electron chi connectivity index (χ2n) is 14.4. The summed E-state index contributed by atoms with van der Waals surface area (Å²) in [5.41, 5.74) is 7.17. The molecule has 5 heteroatoms. The van der Waals surface area contributed by atoms with Crippen LogP contribution < -0.4 is 0 Å². The van der Waals surface area contributed by atoms with Crippen LogP contribution in [0.25, 0.3) is 120 Å². The fourth-order valence-electron chi connectivity index (χ4n) is 7.99. The van der Waals surface area contributed by atoms with Gasteiger partial charge in [-0.15, -0.1) is 11.3 Å². The molecule has 3 heterocycles. The minimum Gasteiger partial charge on any atom is -0.455 e. The quantitative estimate of drug-likeness (QED) is 0.168. The van der Waals surface area contributed by atoms with Crippen molar-refractivity contribution in [3.05, 3.63) is 200 Å². The van der Waals surface area contributed by atoms with E-state index in [1.165, 1.54) is 0 Å². The first kappa shape index (κ1) is 26.3. The van der Waals surface area contributed by atoms with E-state index in [1.54, 1.807) is 11.3 Å². The van der Waals surface area contributed by atoms with Crippen LogP contribution in [0.5, 0.6) is 0 Å². The van der Waals surface area contributed by atoms with Gasteiger partial charge in [0.05, 0.1) is 17.9 Å². The number of hydrogen-bond acceptors (Lipinski definition) is 5. The Morgan fingerprint density at radius 2 is 1.00 bits per heavy atom. The Kier molecular flexibility index (Phi) is 6.13. The molecule has 4 nitrogen and oxygen atoms in total. The van der Waals surface area contributed by atoms with Crippen molar-refractivity contribution in [1.29, 1.82) is 0 Å². The first-order valence-corrected chi connectivity index (χ1v) is 20.2. The molecule has 0 N–H and O–H groups in total. The van der Waals surface area contributed by atoms with E-state index in [0.29, 0.717) is 11.1 Å². The highest BCUT2D eigenvalue weighted by Gasteiger charge is 2.20. The molecule has 0 fully saturated rings. The van der Waals surface area contributed by atoms with Gasteiger partial charge in [0.25, 0.3) is 0 Å². The van der Waals surface area contributed by atoms with Crippen LogP contribution in [0.2, 0.25) is 0 Å². The van der Waals surface area contributed by atoms with Gasteiger partial charge in [-0.2, -0.15) is 0 Å². The van der Waals surface area contributed by atoms with E-state index in [1.807, 2.05) is 72.8 Å². The van der Waals surface area contributed by atoms with Crippen molar-refractivity contribution >= 4 is 64.2 Å². The third-order valence-corrected chi connectivity index (χ3v) is 12.0. The number of nitrogens with zero attached hydrogens (tertiary/aromatic N) is 3. The SMILES string of the molecule is [2H]c1c([2H])c([2H])c2c(oc3c4c([2H])c([2H])c([2H])c([2H])c4c([2H])c([2H])c32)c1-c1nc(-c2cccc(-c3ccc(-c4ccccc4)cc3)c2)nc(-c2ccc3c(c2)sc2cccc(-c4ccccc4)c23)n1. The van der Waals surface area contributed by atoms with Crippen LogP contribution in [-0.2, 0) is 0 Å². The Morgan fingerprint density at radius 1 is 0.383 bits per heavy atom. The summed E-state index contributed by atoms with van der Waals surface area (Å²) in [4.78, 5) is 15.1. The van der Waals surface area contributed by atoms with Gasteiger partial charge >= 0.3 is 0 Å². The summed E-state index contributed by atoms with van der Waals surface area (Å²) in [5.74, 6) is 0.455. The van der Waals surface area contributed by atoms with Gasteiger partial charge in [0.15, 0.2) is 17.5 Å². The molecule has 0 aliphatic heterocycles. The molecule has 0 unspecified atom stereocenters. The van der Waals surface area contributed by atoms with Crippen molar-refractivity contribution in [2.24, 2.45) is 0 Å². The Balaban J connectivity index is 1.10. The fraction of sp³-hybridized carbons (Fsp3) is 0. The van der Waals surface area contributed by atoms with Crippen LogP contribution in [0.15, 0.2) is 204 Å². The van der Waals surface area contributed by atoms with Crippen molar-refractivity contribution in [2.45, 2.75) is 0 Å². The van der Waals surface area contributed by atoms with Crippen LogP contribution in [-0.4, -0.2) is 15.0 Å². The molecule has 60 heavy (non-hydrogen) atoms. The molecule has 280 valence electrons. The van der Waals surface area contributed by atoms with Crippen LogP contribution in [0.3, 0.4) is 0 Å². The maximum Gasteiger partial charge on any atom is 0.167 e. The molecular formula is C55H33N3OS. The molecule has 0 radical (unpaired) electrons. The van der Waals surface area contributed by atoms with Gasteiger partial charge in [-0.25, -0.2) is 15.0 Å². The number of para-hydroxylation sites is 1. The van der Waals surface area contributed by atoms with Crippen molar-refractivity contribution < 1.29 is 16.8 Å². The number of hydrogen-bond donors (Lipinski definition) is 0. The molecule has 0 saturated heterocycles. The zero-order valence-corrected chi connectivity index (χ0v) is 32.3. The van der Waals surface area contributed by atoms with Gasteiger partial charge in [-0.1, -0.05) is 170 Å². The van der Waals surface area contributed by atoms with Gasteiger partial charge in [0.1, 0.15) is 11.2 Å². The monoisotopic (exact) mass is 792 g/mol. The van der Waals surface area contributed by atoms with E-state index >= 15 is 0 Å². The van der Waals surface area contributed by atoms with Crippen molar-refractivity contribution in [3.8, 4) is 67.5 Å². The average molecular weight is 793 g/mol. The van der Waals surface area contributed by atoms with E-state index in [9.17, 15) is 1.37 Å². The molecule has 12 aromatic rings. The van der Waals surface area contributed by atoms with E-state index in [4.69, 9.17) is 30.3 Å². The first-order valence-electron chi connectivity index (χ1n) is 23.9. The predicted molar refractivity (Wildman–Crippen MR) is 250 cm³/mol. The second kappa shape index (κ2) is 14.0. The number of fused-ring (bicyclic) bond motifs is 8.